The number of aromatic hydroxyl groups is 1. The molecule has 20 heavy (non-hydrogen) atoms. The molecule has 5 nitrogen and oxygen atoms in total. The number of halogens is 1. The molecule has 4 N–H and O–H groups in total. The van der Waals surface area contributed by atoms with Crippen molar-refractivity contribution in [2.75, 3.05) is 0 Å². The molecule has 1 atom stereocenters. The van der Waals surface area contributed by atoms with Crippen LogP contribution in [0.25, 0.3) is 11.1 Å². The van der Waals surface area contributed by atoms with Crippen LogP contribution in [0.5, 0.6) is 5.88 Å². The summed E-state index contributed by atoms with van der Waals surface area (Å²) in [6.45, 7) is 3.61. The number of aromatic nitrogens is 2. The van der Waals surface area contributed by atoms with Crippen LogP contribution in [-0.2, 0) is 5.54 Å². The first-order chi connectivity index (χ1) is 9.36. The SMILES string of the molecule is CCC(C)(N)c1nc(O)c(-c2ccccc2Cl)c(=O)[nH]1. The maximum absolute atomic E-state index is 12.2. The minimum atomic E-state index is -0.810. The summed E-state index contributed by atoms with van der Waals surface area (Å²) in [5.41, 5.74) is 5.23. The van der Waals surface area contributed by atoms with Crippen LogP contribution in [0.1, 0.15) is 26.1 Å². The molecule has 1 aromatic heterocycles. The predicted molar refractivity (Wildman–Crippen MR) is 78.8 cm³/mol. The van der Waals surface area contributed by atoms with Gasteiger partial charge in [0.15, 0.2) is 0 Å². The molecule has 0 aliphatic heterocycles. The number of nitrogens with zero attached hydrogens (tertiary/aromatic N) is 1. The van der Waals surface area contributed by atoms with E-state index in [2.05, 4.69) is 9.97 Å². The summed E-state index contributed by atoms with van der Waals surface area (Å²) in [6.07, 6.45) is 0.570. The third kappa shape index (κ3) is 2.55. The molecule has 0 saturated carbocycles. The van der Waals surface area contributed by atoms with Gasteiger partial charge in [-0.2, -0.15) is 4.98 Å². The lowest BCUT2D eigenvalue weighted by Gasteiger charge is -2.21. The highest BCUT2D eigenvalue weighted by molar-refractivity contribution is 6.33. The Morgan fingerprint density at radius 3 is 2.65 bits per heavy atom. The van der Waals surface area contributed by atoms with Crippen molar-refractivity contribution in [1.29, 1.82) is 0 Å². The van der Waals surface area contributed by atoms with Gasteiger partial charge >= 0.3 is 0 Å². The fourth-order valence-electron chi connectivity index (χ4n) is 1.81. The summed E-state index contributed by atoms with van der Waals surface area (Å²) in [5, 5.41) is 10.4. The lowest BCUT2D eigenvalue weighted by atomic mass is 9.99. The Labute approximate surface area is 121 Å². The smallest absolute Gasteiger partial charge is 0.262 e. The topological polar surface area (TPSA) is 92.0 Å². The molecule has 0 aliphatic rings. The maximum atomic E-state index is 12.2. The summed E-state index contributed by atoms with van der Waals surface area (Å²) < 4.78 is 0. The molecular formula is C14H16ClN3O2. The van der Waals surface area contributed by atoms with Gasteiger partial charge in [-0.25, -0.2) is 0 Å². The summed E-state index contributed by atoms with van der Waals surface area (Å²) in [6, 6.07) is 6.76. The van der Waals surface area contributed by atoms with E-state index in [-0.39, 0.29) is 17.3 Å². The van der Waals surface area contributed by atoms with Crippen LogP contribution >= 0.6 is 11.6 Å². The Bertz CT molecular complexity index is 695. The lowest BCUT2D eigenvalue weighted by Crippen LogP contribution is -2.36. The van der Waals surface area contributed by atoms with Crippen molar-refractivity contribution in [2.24, 2.45) is 5.73 Å². The Morgan fingerprint density at radius 1 is 1.45 bits per heavy atom. The highest BCUT2D eigenvalue weighted by atomic mass is 35.5. The van der Waals surface area contributed by atoms with E-state index >= 15 is 0 Å². The largest absolute Gasteiger partial charge is 0.493 e. The molecule has 0 saturated heterocycles. The van der Waals surface area contributed by atoms with E-state index in [1.165, 1.54) is 0 Å². The van der Waals surface area contributed by atoms with Gasteiger partial charge in [0.05, 0.1) is 5.54 Å². The fraction of sp³-hybridized carbons (Fsp3) is 0.286. The molecule has 0 fully saturated rings. The van der Waals surface area contributed by atoms with Gasteiger partial charge in [0.25, 0.3) is 5.56 Å². The van der Waals surface area contributed by atoms with Crippen LogP contribution in [0.2, 0.25) is 5.02 Å². The van der Waals surface area contributed by atoms with Crippen LogP contribution in [0.15, 0.2) is 29.1 Å². The van der Waals surface area contributed by atoms with E-state index in [1.807, 2.05) is 6.92 Å². The van der Waals surface area contributed by atoms with Gasteiger partial charge in [-0.1, -0.05) is 36.7 Å². The Morgan fingerprint density at radius 2 is 2.10 bits per heavy atom. The number of H-pyrrole nitrogens is 1. The molecule has 2 aromatic rings. The van der Waals surface area contributed by atoms with Crippen molar-refractivity contribution >= 4 is 11.6 Å². The molecule has 1 aromatic carbocycles. The third-order valence-electron chi connectivity index (χ3n) is 3.32. The zero-order chi connectivity index (χ0) is 14.9. The molecule has 0 aliphatic carbocycles. The molecule has 0 bridgehead atoms. The van der Waals surface area contributed by atoms with Gasteiger partial charge in [-0.05, 0) is 19.4 Å². The van der Waals surface area contributed by atoms with Crippen LogP contribution < -0.4 is 11.3 Å². The number of nitrogens with two attached hydrogens (primary N) is 1. The van der Waals surface area contributed by atoms with Crippen molar-refractivity contribution in [3.8, 4) is 17.0 Å². The molecule has 1 heterocycles. The quantitative estimate of drug-likeness (QED) is 0.810. The van der Waals surface area contributed by atoms with Gasteiger partial charge in [0.2, 0.25) is 5.88 Å². The average Bonchev–Trinajstić information content (AvgIpc) is 2.40. The van der Waals surface area contributed by atoms with Gasteiger partial charge in [0, 0.05) is 10.6 Å². The summed E-state index contributed by atoms with van der Waals surface area (Å²) in [5.74, 6) is -0.125. The van der Waals surface area contributed by atoms with Crippen LogP contribution in [0, 0.1) is 0 Å². The monoisotopic (exact) mass is 293 g/mol. The van der Waals surface area contributed by atoms with E-state index in [0.29, 0.717) is 17.0 Å². The highest BCUT2D eigenvalue weighted by Crippen LogP contribution is 2.30. The molecule has 0 radical (unpaired) electrons. The molecule has 2 rings (SSSR count). The van der Waals surface area contributed by atoms with Crippen LogP contribution in [-0.4, -0.2) is 15.1 Å². The Kier molecular flexibility index (Phi) is 3.83. The predicted octanol–water partition coefficient (Wildman–Crippen LogP) is 2.38. The number of rotatable bonds is 3. The summed E-state index contributed by atoms with van der Waals surface area (Å²) in [4.78, 5) is 18.8. The number of aromatic amines is 1. The van der Waals surface area contributed by atoms with Crippen LogP contribution in [0.3, 0.4) is 0 Å². The van der Waals surface area contributed by atoms with Crippen molar-refractivity contribution in [3.05, 3.63) is 45.5 Å². The molecule has 106 valence electrons. The highest BCUT2D eigenvalue weighted by Gasteiger charge is 2.25. The average molecular weight is 294 g/mol. The minimum absolute atomic E-state index is 0.0475. The summed E-state index contributed by atoms with van der Waals surface area (Å²) in [7, 11) is 0. The number of benzene rings is 1. The van der Waals surface area contributed by atoms with Crippen molar-refractivity contribution < 1.29 is 5.11 Å². The zero-order valence-electron chi connectivity index (χ0n) is 11.3. The molecule has 6 heteroatoms. The van der Waals surface area contributed by atoms with Gasteiger partial charge in [0.1, 0.15) is 11.4 Å². The van der Waals surface area contributed by atoms with E-state index in [9.17, 15) is 9.90 Å². The first kappa shape index (κ1) is 14.6. The number of hydrogen-bond acceptors (Lipinski definition) is 4. The maximum Gasteiger partial charge on any atom is 0.262 e. The number of hydrogen-bond donors (Lipinski definition) is 3. The standard InChI is InChI=1S/C14H16ClN3O2/c1-3-14(2,16)13-17-11(19)10(12(20)18-13)8-6-4-5-7-9(8)15/h4-7H,3,16H2,1-2H3,(H2,17,18,19,20). The molecular weight excluding hydrogens is 278 g/mol. The third-order valence-corrected chi connectivity index (χ3v) is 3.65. The second-order valence-corrected chi connectivity index (χ2v) is 5.27. The Balaban J connectivity index is 2.65. The van der Waals surface area contributed by atoms with Crippen molar-refractivity contribution in [2.45, 2.75) is 25.8 Å². The second-order valence-electron chi connectivity index (χ2n) is 4.86. The minimum Gasteiger partial charge on any atom is -0.493 e. The Hall–Kier alpha value is -1.85. The van der Waals surface area contributed by atoms with Gasteiger partial charge in [-0.3, -0.25) is 4.79 Å². The second kappa shape index (κ2) is 5.26. The molecule has 0 spiro atoms. The van der Waals surface area contributed by atoms with E-state index < -0.39 is 11.1 Å². The zero-order valence-corrected chi connectivity index (χ0v) is 12.0. The van der Waals surface area contributed by atoms with E-state index in [4.69, 9.17) is 17.3 Å². The van der Waals surface area contributed by atoms with E-state index in [0.717, 1.165) is 0 Å². The van der Waals surface area contributed by atoms with Gasteiger partial charge in [-0.15, -0.1) is 0 Å². The normalized spacial score (nSPS) is 14.0. The van der Waals surface area contributed by atoms with Crippen molar-refractivity contribution in [3.63, 3.8) is 0 Å². The first-order valence-electron chi connectivity index (χ1n) is 6.24. The van der Waals surface area contributed by atoms with Gasteiger partial charge < -0.3 is 15.8 Å². The first-order valence-corrected chi connectivity index (χ1v) is 6.62. The molecule has 0 amide bonds. The van der Waals surface area contributed by atoms with Crippen LogP contribution in [0.4, 0.5) is 0 Å². The fourth-order valence-corrected chi connectivity index (χ4v) is 2.04. The lowest BCUT2D eigenvalue weighted by molar-refractivity contribution is 0.410. The molecule has 1 unspecified atom stereocenters. The summed E-state index contributed by atoms with van der Waals surface area (Å²) >= 11 is 6.04. The number of nitrogens with one attached hydrogen (secondary N) is 1. The van der Waals surface area contributed by atoms with Crippen molar-refractivity contribution in [1.82, 2.24) is 9.97 Å². The van der Waals surface area contributed by atoms with E-state index in [1.54, 1.807) is 31.2 Å².